The second kappa shape index (κ2) is 20.1. The van der Waals surface area contributed by atoms with E-state index in [0.717, 1.165) is 36.6 Å². The SMILES string of the molecule is CC(C)CC(=O)SCCOP(=O)(OCOC(=O)OC(C)C)[C@H](F)c1ccc2sc(C(=O)NCC3CCC[C@H]4CC[C@@H](C(=O)N5CC(c6cccnc6)C5)N4C3=O)cc2c1. The number of likely N-dealkylation sites (tertiary alicyclic amines) is 1. The van der Waals surface area contributed by atoms with Crippen molar-refractivity contribution in [3.63, 3.8) is 0 Å². The van der Waals surface area contributed by atoms with Crippen molar-refractivity contribution in [3.8, 4) is 0 Å². The van der Waals surface area contributed by atoms with Gasteiger partial charge in [-0.1, -0.05) is 44.2 Å². The van der Waals surface area contributed by atoms with Crippen LogP contribution in [-0.4, -0.2) is 101 Å². The number of thiophene rings is 1. The molecular formula is C41H52FN4O10PS2. The molecule has 2 aromatic heterocycles. The minimum Gasteiger partial charge on any atom is -0.432 e. The predicted octanol–water partition coefficient (Wildman–Crippen LogP) is 7.83. The quantitative estimate of drug-likeness (QED) is 0.0605. The van der Waals surface area contributed by atoms with E-state index in [1.807, 2.05) is 37.1 Å². The molecule has 3 saturated heterocycles. The fourth-order valence-electron chi connectivity index (χ4n) is 7.63. The summed E-state index contributed by atoms with van der Waals surface area (Å²) in [5.41, 5.74) is 1.04. The number of thioether (sulfide) groups is 1. The number of aromatic nitrogens is 1. The van der Waals surface area contributed by atoms with Gasteiger partial charge in [0, 0.05) is 60.9 Å². The highest BCUT2D eigenvalue weighted by atomic mass is 32.2. The van der Waals surface area contributed by atoms with Crippen molar-refractivity contribution in [1.82, 2.24) is 20.1 Å². The van der Waals surface area contributed by atoms with Gasteiger partial charge in [-0.25, -0.2) is 9.18 Å². The maximum Gasteiger partial charge on any atom is 0.510 e. The Balaban J connectivity index is 1.07. The van der Waals surface area contributed by atoms with Gasteiger partial charge in [0.05, 0.1) is 23.5 Å². The van der Waals surface area contributed by atoms with Gasteiger partial charge in [0.1, 0.15) is 6.04 Å². The van der Waals surface area contributed by atoms with Crippen molar-refractivity contribution >= 4 is 69.8 Å². The Kier molecular flexibility index (Phi) is 15.2. The van der Waals surface area contributed by atoms with Crippen molar-refractivity contribution in [2.75, 3.05) is 38.8 Å². The molecule has 1 N–H and O–H groups in total. The summed E-state index contributed by atoms with van der Waals surface area (Å²) in [4.78, 5) is 73.3. The molecule has 6 rings (SSSR count). The average molecular weight is 875 g/mol. The molecule has 14 nitrogen and oxygen atoms in total. The molecular weight excluding hydrogens is 823 g/mol. The molecule has 320 valence electrons. The van der Waals surface area contributed by atoms with E-state index in [0.29, 0.717) is 47.3 Å². The first kappa shape index (κ1) is 44.7. The lowest BCUT2D eigenvalue weighted by atomic mass is 9.91. The van der Waals surface area contributed by atoms with Crippen LogP contribution in [0.2, 0.25) is 0 Å². The molecule has 5 atom stereocenters. The third-order valence-electron chi connectivity index (χ3n) is 10.6. The molecule has 18 heteroatoms. The summed E-state index contributed by atoms with van der Waals surface area (Å²) in [6.07, 6.45) is 5.91. The first-order valence-electron chi connectivity index (χ1n) is 20.1. The number of nitrogens with zero attached hydrogens (tertiary/aromatic N) is 3. The van der Waals surface area contributed by atoms with E-state index < -0.39 is 50.4 Å². The zero-order valence-corrected chi connectivity index (χ0v) is 36.2. The van der Waals surface area contributed by atoms with Crippen LogP contribution in [0.1, 0.15) is 98.8 Å². The Labute approximate surface area is 351 Å². The first-order valence-corrected chi connectivity index (χ1v) is 23.5. The molecule has 2 unspecified atom stereocenters. The molecule has 1 aromatic carbocycles. The van der Waals surface area contributed by atoms with Crippen LogP contribution in [0.5, 0.6) is 0 Å². The van der Waals surface area contributed by atoms with Crippen molar-refractivity contribution in [2.45, 2.75) is 96.2 Å². The van der Waals surface area contributed by atoms with Crippen molar-refractivity contribution in [2.24, 2.45) is 11.8 Å². The molecule has 59 heavy (non-hydrogen) atoms. The van der Waals surface area contributed by atoms with E-state index in [2.05, 4.69) is 10.3 Å². The molecule has 3 fully saturated rings. The smallest absolute Gasteiger partial charge is 0.432 e. The Morgan fingerprint density at radius 3 is 2.58 bits per heavy atom. The number of alkyl halides is 1. The van der Waals surface area contributed by atoms with E-state index in [-0.39, 0.29) is 59.3 Å². The van der Waals surface area contributed by atoms with E-state index >= 15 is 4.39 Å². The minimum atomic E-state index is -4.64. The summed E-state index contributed by atoms with van der Waals surface area (Å²) < 4.78 is 51.1. The number of ether oxygens (including phenoxy) is 2. The third kappa shape index (κ3) is 11.3. The van der Waals surface area contributed by atoms with Gasteiger partial charge in [-0.2, -0.15) is 0 Å². The second-order valence-electron chi connectivity index (χ2n) is 15.8. The zero-order chi connectivity index (χ0) is 42.3. The molecule has 0 aliphatic carbocycles. The van der Waals surface area contributed by atoms with E-state index in [1.54, 1.807) is 37.1 Å². The molecule has 3 amide bonds. The molecule has 5 heterocycles. The number of rotatable bonds is 17. The minimum absolute atomic E-state index is 0.00138. The molecule has 3 aliphatic rings. The van der Waals surface area contributed by atoms with Gasteiger partial charge in [0.25, 0.3) is 5.91 Å². The summed E-state index contributed by atoms with van der Waals surface area (Å²) in [7, 11) is -4.64. The topological polar surface area (TPSA) is 171 Å². The van der Waals surface area contributed by atoms with E-state index in [9.17, 15) is 28.5 Å². The van der Waals surface area contributed by atoms with Crippen LogP contribution < -0.4 is 5.32 Å². The fourth-order valence-corrected chi connectivity index (χ4v) is 11.0. The van der Waals surface area contributed by atoms with Crippen LogP contribution in [0.25, 0.3) is 10.1 Å². The normalized spacial score (nSPS) is 21.1. The average Bonchev–Trinajstić information content (AvgIpc) is 3.77. The van der Waals surface area contributed by atoms with Crippen LogP contribution >= 0.6 is 30.7 Å². The van der Waals surface area contributed by atoms with Crippen LogP contribution in [0, 0.1) is 11.8 Å². The summed E-state index contributed by atoms with van der Waals surface area (Å²) in [5.74, 6) is -2.84. The van der Waals surface area contributed by atoms with Gasteiger partial charge < -0.3 is 29.1 Å². The molecule has 0 radical (unpaired) electrons. The van der Waals surface area contributed by atoms with Crippen molar-refractivity contribution in [1.29, 1.82) is 0 Å². The third-order valence-corrected chi connectivity index (χ3v) is 14.4. The number of carbonyl (C=O) groups excluding carboxylic acids is 5. The summed E-state index contributed by atoms with van der Waals surface area (Å²) in [6, 6.07) is 9.44. The maximum absolute atomic E-state index is 16.2. The Morgan fingerprint density at radius 1 is 1.05 bits per heavy atom. The highest BCUT2D eigenvalue weighted by Gasteiger charge is 2.47. The molecule has 3 aromatic rings. The second-order valence-corrected chi connectivity index (χ2v) is 20.1. The number of benzene rings is 1. The highest BCUT2D eigenvalue weighted by molar-refractivity contribution is 8.13. The van der Waals surface area contributed by atoms with Crippen LogP contribution in [0.4, 0.5) is 9.18 Å². The van der Waals surface area contributed by atoms with E-state index in [4.69, 9.17) is 18.5 Å². The van der Waals surface area contributed by atoms with Crippen LogP contribution in [0.3, 0.4) is 0 Å². The Morgan fingerprint density at radius 2 is 1.85 bits per heavy atom. The fraction of sp³-hybridized carbons (Fsp3) is 0.561. The Bertz CT molecular complexity index is 2030. The standard InChI is InChI=1S/C41H52FN4O10PS2/c1-25(2)17-36(47)58-16-15-54-57(52,55-24-53-41(51)56-26(3)4)37(42)27-10-13-34-30(18-27)19-35(59-34)38(48)44-21-29-7-5-9-32-11-12-33(46(32)39(29)49)40(50)45-22-31(23-45)28-8-6-14-43-20-28/h6,8,10,13-14,18-20,25-26,29,31-33,37H,5,7,9,11-12,15-17,21-24H2,1-4H3,(H,44,48)/t29?,32-,33-,37-,57?/m0/s1. The number of pyridine rings is 1. The molecule has 3 aliphatic heterocycles. The predicted molar refractivity (Wildman–Crippen MR) is 222 cm³/mol. The lowest BCUT2D eigenvalue weighted by Gasteiger charge is -2.42. The van der Waals surface area contributed by atoms with Crippen molar-refractivity contribution < 1.29 is 51.4 Å². The number of carbonyl (C=O) groups is 5. The number of hydrogen-bond donors (Lipinski definition) is 1. The zero-order valence-electron chi connectivity index (χ0n) is 33.7. The van der Waals surface area contributed by atoms with Gasteiger partial charge in [0.15, 0.2) is 5.12 Å². The monoisotopic (exact) mass is 874 g/mol. The van der Waals surface area contributed by atoms with Crippen LogP contribution in [0.15, 0.2) is 48.8 Å². The van der Waals surface area contributed by atoms with E-state index in [1.165, 1.54) is 23.5 Å². The number of halogens is 1. The van der Waals surface area contributed by atoms with Gasteiger partial charge in [-0.3, -0.25) is 33.3 Å². The van der Waals surface area contributed by atoms with Gasteiger partial charge >= 0.3 is 13.8 Å². The number of amides is 3. The van der Waals surface area contributed by atoms with Crippen LogP contribution in [-0.2, 0) is 37.5 Å². The first-order chi connectivity index (χ1) is 28.2. The maximum atomic E-state index is 16.2. The molecule has 0 saturated carbocycles. The number of fused-ring (bicyclic) bond motifs is 2. The lowest BCUT2D eigenvalue weighted by molar-refractivity contribution is -0.149. The van der Waals surface area contributed by atoms with Gasteiger partial charge in [0.2, 0.25) is 24.5 Å². The van der Waals surface area contributed by atoms with Gasteiger partial charge in [-0.15, -0.1) is 11.3 Å². The number of hydrogen-bond acceptors (Lipinski definition) is 13. The largest absolute Gasteiger partial charge is 0.510 e. The highest BCUT2D eigenvalue weighted by Crippen LogP contribution is 2.62. The lowest BCUT2D eigenvalue weighted by Crippen LogP contribution is -2.57. The number of nitrogens with one attached hydrogen (secondary N) is 1. The summed E-state index contributed by atoms with van der Waals surface area (Å²) in [6.45, 7) is 7.15. The molecule has 0 bridgehead atoms. The van der Waals surface area contributed by atoms with Gasteiger partial charge in [-0.05, 0) is 86.2 Å². The summed E-state index contributed by atoms with van der Waals surface area (Å²) in [5, 5.41) is 3.34. The molecule has 0 spiro atoms. The summed E-state index contributed by atoms with van der Waals surface area (Å²) >= 11 is 2.15. The van der Waals surface area contributed by atoms with Crippen molar-refractivity contribution in [3.05, 3.63) is 64.8 Å². The Hall–Kier alpha value is -3.89.